The molecule has 2 unspecified atom stereocenters. The average molecular weight is 524 g/mol. The van der Waals surface area contributed by atoms with E-state index in [2.05, 4.69) is 5.32 Å². The molecule has 37 heavy (non-hydrogen) atoms. The lowest BCUT2D eigenvalue weighted by Gasteiger charge is -2.41. The molecule has 2 aromatic rings. The predicted octanol–water partition coefficient (Wildman–Crippen LogP) is 3.85. The first-order chi connectivity index (χ1) is 17.8. The van der Waals surface area contributed by atoms with Gasteiger partial charge in [-0.3, -0.25) is 14.5 Å². The lowest BCUT2D eigenvalue weighted by atomic mass is 9.95. The number of imide groups is 1. The molecule has 2 heterocycles. The lowest BCUT2D eigenvalue weighted by molar-refractivity contribution is -0.136. The number of hydrogen-bond acceptors (Lipinski definition) is 6. The van der Waals surface area contributed by atoms with Crippen LogP contribution in [0.2, 0.25) is 0 Å². The molecule has 196 valence electrons. The Balaban J connectivity index is 1.41. The van der Waals surface area contributed by atoms with E-state index in [-0.39, 0.29) is 24.9 Å². The Labute approximate surface area is 222 Å². The van der Waals surface area contributed by atoms with Gasteiger partial charge in [-0.1, -0.05) is 36.4 Å². The molecular weight excluding hydrogens is 490 g/mol. The van der Waals surface area contributed by atoms with Crippen LogP contribution in [0.25, 0.3) is 0 Å². The number of amides is 4. The highest BCUT2D eigenvalue weighted by molar-refractivity contribution is 8.03. The topological polar surface area (TPSA) is 88.2 Å². The van der Waals surface area contributed by atoms with Crippen LogP contribution in [0.5, 0.6) is 11.5 Å². The third kappa shape index (κ3) is 5.77. The van der Waals surface area contributed by atoms with Crippen molar-refractivity contribution >= 4 is 29.6 Å². The normalized spacial score (nSPS) is 19.2. The van der Waals surface area contributed by atoms with Crippen molar-refractivity contribution in [1.82, 2.24) is 15.1 Å². The fourth-order valence-corrected chi connectivity index (χ4v) is 6.12. The SMILES string of the molecule is COc1ccc(CCNC(=O)CN2C(=O)N(CCc3ccccc3)C(=O)C3C(C)=C(C)SC32)cc1OC. The molecule has 2 aliphatic heterocycles. The minimum absolute atomic E-state index is 0.103. The number of methoxy groups -OCH3 is 2. The van der Waals surface area contributed by atoms with E-state index >= 15 is 0 Å². The van der Waals surface area contributed by atoms with Crippen molar-refractivity contribution in [2.75, 3.05) is 33.9 Å². The third-order valence-electron chi connectivity index (χ3n) is 6.89. The van der Waals surface area contributed by atoms with Gasteiger partial charge < -0.3 is 19.7 Å². The van der Waals surface area contributed by atoms with E-state index in [4.69, 9.17) is 9.47 Å². The van der Waals surface area contributed by atoms with Crippen molar-refractivity contribution in [2.45, 2.75) is 32.1 Å². The Morgan fingerprint density at radius 2 is 1.70 bits per heavy atom. The fraction of sp³-hybridized carbons (Fsp3) is 0.393. The number of ether oxygens (including phenoxy) is 2. The van der Waals surface area contributed by atoms with Crippen LogP contribution in [0.15, 0.2) is 59.0 Å². The summed E-state index contributed by atoms with van der Waals surface area (Å²) in [6.07, 6.45) is 1.16. The summed E-state index contributed by atoms with van der Waals surface area (Å²) in [6.45, 7) is 4.49. The van der Waals surface area contributed by atoms with Gasteiger partial charge in [-0.25, -0.2) is 4.79 Å². The van der Waals surface area contributed by atoms with Crippen LogP contribution in [0, 0.1) is 5.92 Å². The van der Waals surface area contributed by atoms with Crippen LogP contribution < -0.4 is 14.8 Å². The van der Waals surface area contributed by atoms with E-state index in [0.717, 1.165) is 21.6 Å². The Kier molecular flexibility index (Phi) is 8.43. The van der Waals surface area contributed by atoms with Gasteiger partial charge in [-0.2, -0.15) is 0 Å². The minimum atomic E-state index is -0.432. The Hall–Kier alpha value is -3.46. The molecule has 4 amide bonds. The average Bonchev–Trinajstić information content (AvgIpc) is 3.20. The van der Waals surface area contributed by atoms with Crippen molar-refractivity contribution in [3.63, 3.8) is 0 Å². The monoisotopic (exact) mass is 523 g/mol. The van der Waals surface area contributed by atoms with Gasteiger partial charge in [0.15, 0.2) is 11.5 Å². The largest absolute Gasteiger partial charge is 0.493 e. The zero-order chi connectivity index (χ0) is 26.5. The number of rotatable bonds is 10. The predicted molar refractivity (Wildman–Crippen MR) is 143 cm³/mol. The Bertz CT molecular complexity index is 1200. The van der Waals surface area contributed by atoms with E-state index < -0.39 is 17.3 Å². The lowest BCUT2D eigenvalue weighted by Crippen LogP contribution is -2.61. The molecule has 2 atom stereocenters. The van der Waals surface area contributed by atoms with Gasteiger partial charge in [0, 0.05) is 13.1 Å². The van der Waals surface area contributed by atoms with E-state index in [1.54, 1.807) is 19.1 Å². The molecule has 2 aromatic carbocycles. The number of benzene rings is 2. The molecule has 0 aromatic heterocycles. The van der Waals surface area contributed by atoms with Crippen LogP contribution >= 0.6 is 11.8 Å². The number of hydrogen-bond donors (Lipinski definition) is 1. The molecule has 1 N–H and O–H groups in total. The van der Waals surface area contributed by atoms with E-state index in [1.165, 1.54) is 16.7 Å². The van der Waals surface area contributed by atoms with Crippen molar-refractivity contribution in [3.8, 4) is 11.5 Å². The van der Waals surface area contributed by atoms with Crippen LogP contribution in [-0.4, -0.2) is 66.9 Å². The first-order valence-electron chi connectivity index (χ1n) is 12.3. The number of allylic oxidation sites excluding steroid dienone is 1. The van der Waals surface area contributed by atoms with Gasteiger partial charge in [-0.15, -0.1) is 11.8 Å². The highest BCUT2D eigenvalue weighted by atomic mass is 32.2. The van der Waals surface area contributed by atoms with Crippen LogP contribution in [-0.2, 0) is 22.4 Å². The van der Waals surface area contributed by atoms with Gasteiger partial charge in [0.2, 0.25) is 11.8 Å². The maximum absolute atomic E-state index is 13.5. The van der Waals surface area contributed by atoms with E-state index in [9.17, 15) is 14.4 Å². The van der Waals surface area contributed by atoms with E-state index in [1.807, 2.05) is 62.4 Å². The molecule has 0 radical (unpaired) electrons. The molecule has 0 bridgehead atoms. The number of carbonyl (C=O) groups is 3. The number of carbonyl (C=O) groups excluding carboxylic acids is 3. The van der Waals surface area contributed by atoms with E-state index in [0.29, 0.717) is 30.9 Å². The van der Waals surface area contributed by atoms with Crippen LogP contribution in [0.4, 0.5) is 4.79 Å². The number of fused-ring (bicyclic) bond motifs is 1. The van der Waals surface area contributed by atoms with Crippen molar-refractivity contribution in [3.05, 3.63) is 70.1 Å². The molecule has 2 aliphatic rings. The summed E-state index contributed by atoms with van der Waals surface area (Å²) in [5, 5.41) is 2.52. The first-order valence-corrected chi connectivity index (χ1v) is 13.2. The summed E-state index contributed by atoms with van der Waals surface area (Å²) in [5.41, 5.74) is 3.01. The summed E-state index contributed by atoms with van der Waals surface area (Å²) in [5.74, 6) is 0.407. The molecule has 0 spiro atoms. The molecule has 1 saturated heterocycles. The number of nitrogens with zero attached hydrogens (tertiary/aromatic N) is 2. The second kappa shape index (κ2) is 11.7. The fourth-order valence-electron chi connectivity index (χ4n) is 4.69. The number of nitrogens with one attached hydrogen (secondary N) is 1. The zero-order valence-electron chi connectivity index (χ0n) is 21.7. The van der Waals surface area contributed by atoms with Gasteiger partial charge >= 0.3 is 6.03 Å². The first kappa shape index (κ1) is 26.6. The highest BCUT2D eigenvalue weighted by Crippen LogP contribution is 2.46. The molecule has 8 nitrogen and oxygen atoms in total. The molecule has 9 heteroatoms. The van der Waals surface area contributed by atoms with Gasteiger partial charge in [-0.05, 0) is 60.4 Å². The number of thioether (sulfide) groups is 1. The second-order valence-corrected chi connectivity index (χ2v) is 10.5. The second-order valence-electron chi connectivity index (χ2n) is 9.15. The Morgan fingerprint density at radius 3 is 2.41 bits per heavy atom. The molecule has 4 rings (SSSR count). The van der Waals surface area contributed by atoms with Gasteiger partial charge in [0.25, 0.3) is 0 Å². The maximum Gasteiger partial charge on any atom is 0.328 e. The molecule has 0 saturated carbocycles. The van der Waals surface area contributed by atoms with Crippen molar-refractivity contribution in [1.29, 1.82) is 0 Å². The minimum Gasteiger partial charge on any atom is -0.493 e. The third-order valence-corrected chi connectivity index (χ3v) is 8.33. The van der Waals surface area contributed by atoms with Crippen molar-refractivity contribution < 1.29 is 23.9 Å². The quantitative estimate of drug-likeness (QED) is 0.509. The van der Waals surface area contributed by atoms with Crippen LogP contribution in [0.1, 0.15) is 25.0 Å². The standard InChI is InChI=1S/C28H33N3O5S/c1-18-19(2)37-27-25(18)26(33)30(15-13-20-8-6-5-7-9-20)28(34)31(27)17-24(32)29-14-12-21-10-11-22(35-3)23(16-21)36-4/h5-11,16,25,27H,12-15,17H2,1-4H3,(H,29,32). The van der Waals surface area contributed by atoms with Gasteiger partial charge in [0.1, 0.15) is 6.54 Å². The maximum atomic E-state index is 13.5. The molecule has 0 aliphatic carbocycles. The zero-order valence-corrected chi connectivity index (χ0v) is 22.5. The van der Waals surface area contributed by atoms with Gasteiger partial charge in [0.05, 0.1) is 25.5 Å². The smallest absolute Gasteiger partial charge is 0.328 e. The Morgan fingerprint density at radius 1 is 0.973 bits per heavy atom. The molecular formula is C28H33N3O5S. The van der Waals surface area contributed by atoms with Crippen molar-refractivity contribution in [2.24, 2.45) is 5.92 Å². The van der Waals surface area contributed by atoms with Crippen LogP contribution in [0.3, 0.4) is 0 Å². The summed E-state index contributed by atoms with van der Waals surface area (Å²) in [7, 11) is 3.17. The summed E-state index contributed by atoms with van der Waals surface area (Å²) in [4.78, 5) is 43.6. The summed E-state index contributed by atoms with van der Waals surface area (Å²) < 4.78 is 10.6. The summed E-state index contributed by atoms with van der Waals surface area (Å²) >= 11 is 1.49. The highest BCUT2D eigenvalue weighted by Gasteiger charge is 2.50. The molecule has 1 fully saturated rings. The number of urea groups is 1. The summed E-state index contributed by atoms with van der Waals surface area (Å²) in [6, 6.07) is 15.0.